The number of hydrogen-bond acceptors (Lipinski definition) is 2. The Labute approximate surface area is 128 Å². The van der Waals surface area contributed by atoms with E-state index in [-0.39, 0.29) is 11.5 Å². The van der Waals surface area contributed by atoms with E-state index in [0.29, 0.717) is 0 Å². The van der Waals surface area contributed by atoms with Crippen LogP contribution in [0.5, 0.6) is 11.5 Å². The average molecular weight is 288 g/mol. The van der Waals surface area contributed by atoms with E-state index in [1.165, 1.54) is 0 Å². The van der Waals surface area contributed by atoms with Crippen LogP contribution in [0.3, 0.4) is 0 Å². The summed E-state index contributed by atoms with van der Waals surface area (Å²) in [6.45, 7) is 0. The first-order valence-electron chi connectivity index (χ1n) is 7.08. The second-order valence-electron chi connectivity index (χ2n) is 5.04. The van der Waals surface area contributed by atoms with E-state index in [0.717, 1.165) is 21.6 Å². The molecule has 3 aromatic rings. The lowest BCUT2D eigenvalue weighted by atomic mass is 10.1. The normalized spacial score (nSPS) is 12.5. The fourth-order valence-corrected chi connectivity index (χ4v) is 2.33. The van der Waals surface area contributed by atoms with Crippen molar-refractivity contribution in [3.8, 4) is 11.5 Å². The summed E-state index contributed by atoms with van der Waals surface area (Å²) in [4.78, 5) is 0. The molecule has 0 heterocycles. The molecule has 0 atom stereocenters. The molecule has 2 N–H and O–H groups in total. The Morgan fingerprint density at radius 3 is 1.27 bits per heavy atom. The Morgan fingerprint density at radius 1 is 0.500 bits per heavy atom. The summed E-state index contributed by atoms with van der Waals surface area (Å²) in [7, 11) is 0. The van der Waals surface area contributed by atoms with Crippen LogP contribution in [0, 0.1) is 0 Å². The molecule has 2 nitrogen and oxygen atoms in total. The molecule has 0 saturated heterocycles. The summed E-state index contributed by atoms with van der Waals surface area (Å²) >= 11 is 0. The quantitative estimate of drug-likeness (QED) is 0.761. The standard InChI is InChI=1S/C20H16O2/c21-19-11-5-3-9-17(19)13-15-7-1-2-8-16(15)14-18-10-4-6-12-20(18)22/h1-14,21-22H. The fourth-order valence-electron chi connectivity index (χ4n) is 2.33. The molecule has 0 saturated carbocycles. The highest BCUT2D eigenvalue weighted by molar-refractivity contribution is 5.60. The van der Waals surface area contributed by atoms with E-state index in [4.69, 9.17) is 0 Å². The lowest BCUT2D eigenvalue weighted by Gasteiger charge is -2.00. The Hall–Kier alpha value is -3.00. The average Bonchev–Trinajstić information content (AvgIpc) is 2.53. The van der Waals surface area contributed by atoms with Crippen molar-refractivity contribution in [2.75, 3.05) is 0 Å². The second-order valence-corrected chi connectivity index (χ2v) is 5.04. The Morgan fingerprint density at radius 2 is 0.864 bits per heavy atom. The highest BCUT2D eigenvalue weighted by Crippen LogP contribution is 2.16. The molecule has 0 aromatic heterocycles. The molecular formula is C20H16O2. The van der Waals surface area contributed by atoms with Gasteiger partial charge in [0.05, 0.1) is 0 Å². The number of phenols is 2. The molecule has 0 radical (unpaired) electrons. The largest absolute Gasteiger partial charge is 0.507 e. The minimum atomic E-state index is 0.250. The molecule has 0 aliphatic heterocycles. The third kappa shape index (κ3) is 3.01. The van der Waals surface area contributed by atoms with Crippen LogP contribution >= 0.6 is 0 Å². The van der Waals surface area contributed by atoms with Gasteiger partial charge >= 0.3 is 0 Å². The first-order valence-corrected chi connectivity index (χ1v) is 7.08. The minimum absolute atomic E-state index is 0.250. The molecule has 0 unspecified atom stereocenters. The van der Waals surface area contributed by atoms with Crippen molar-refractivity contribution in [3.05, 3.63) is 94.4 Å². The third-order valence-corrected chi connectivity index (χ3v) is 3.49. The summed E-state index contributed by atoms with van der Waals surface area (Å²) in [5.74, 6) is 0.500. The number of para-hydroxylation sites is 2. The van der Waals surface area contributed by atoms with Gasteiger partial charge in [-0.15, -0.1) is 0 Å². The van der Waals surface area contributed by atoms with Crippen molar-refractivity contribution >= 4 is 12.2 Å². The van der Waals surface area contributed by atoms with Gasteiger partial charge in [-0.1, -0.05) is 60.7 Å². The van der Waals surface area contributed by atoms with Crippen molar-refractivity contribution in [2.45, 2.75) is 0 Å². The van der Waals surface area contributed by atoms with Crippen LogP contribution in [-0.4, -0.2) is 10.2 Å². The van der Waals surface area contributed by atoms with Gasteiger partial charge in [-0.05, 0) is 34.7 Å². The zero-order valence-corrected chi connectivity index (χ0v) is 12.0. The lowest BCUT2D eigenvalue weighted by molar-refractivity contribution is 0.473. The summed E-state index contributed by atoms with van der Waals surface area (Å²) in [6, 6.07) is 22.3. The molecule has 0 spiro atoms. The molecule has 22 heavy (non-hydrogen) atoms. The minimum Gasteiger partial charge on any atom is -0.507 e. The van der Waals surface area contributed by atoms with Crippen LogP contribution in [0.2, 0.25) is 0 Å². The van der Waals surface area contributed by atoms with Gasteiger partial charge in [-0.25, -0.2) is 0 Å². The number of rotatable bonds is 2. The molecule has 0 bridgehead atoms. The Bertz CT molecular complexity index is 834. The van der Waals surface area contributed by atoms with Crippen LogP contribution in [0.15, 0.2) is 72.8 Å². The van der Waals surface area contributed by atoms with Gasteiger partial charge < -0.3 is 10.2 Å². The van der Waals surface area contributed by atoms with Crippen LogP contribution in [0.1, 0.15) is 11.1 Å². The summed E-state index contributed by atoms with van der Waals surface area (Å²) in [6.07, 6.45) is 3.86. The molecule has 108 valence electrons. The van der Waals surface area contributed by atoms with Crippen LogP contribution in [-0.2, 0) is 0 Å². The van der Waals surface area contributed by atoms with Gasteiger partial charge in [0.1, 0.15) is 11.5 Å². The molecule has 2 heteroatoms. The monoisotopic (exact) mass is 288 g/mol. The predicted molar refractivity (Wildman–Crippen MR) is 89.0 cm³/mol. The molecule has 0 aliphatic carbocycles. The lowest BCUT2D eigenvalue weighted by Crippen LogP contribution is -2.23. The molecule has 3 aromatic carbocycles. The van der Waals surface area contributed by atoms with E-state index in [1.54, 1.807) is 24.3 Å². The maximum absolute atomic E-state index is 9.92. The smallest absolute Gasteiger partial charge is 0.122 e. The number of phenolic OH excluding ortho intramolecular Hbond substituents is 2. The molecular weight excluding hydrogens is 272 g/mol. The Kier molecular flexibility index (Phi) is 3.92. The number of hydrogen-bond donors (Lipinski definition) is 2. The summed E-state index contributed by atoms with van der Waals surface area (Å²) < 4.78 is 0. The van der Waals surface area contributed by atoms with Crippen molar-refractivity contribution in [1.29, 1.82) is 0 Å². The number of aromatic hydroxyl groups is 2. The van der Waals surface area contributed by atoms with Gasteiger partial charge in [-0.2, -0.15) is 0 Å². The zero-order valence-electron chi connectivity index (χ0n) is 12.0. The van der Waals surface area contributed by atoms with Crippen LogP contribution in [0.4, 0.5) is 0 Å². The fraction of sp³-hybridized carbons (Fsp3) is 0. The molecule has 0 fully saturated rings. The van der Waals surface area contributed by atoms with Gasteiger partial charge in [0, 0.05) is 11.1 Å². The maximum atomic E-state index is 9.92. The van der Waals surface area contributed by atoms with Crippen molar-refractivity contribution in [3.63, 3.8) is 0 Å². The topological polar surface area (TPSA) is 40.5 Å². The van der Waals surface area contributed by atoms with Gasteiger partial charge in [-0.3, -0.25) is 0 Å². The first-order chi connectivity index (χ1) is 10.7. The van der Waals surface area contributed by atoms with Crippen molar-refractivity contribution < 1.29 is 10.2 Å². The van der Waals surface area contributed by atoms with E-state index in [9.17, 15) is 10.2 Å². The SMILES string of the molecule is Oc1ccccc1C=c1ccccc1=Cc1ccccc1O. The van der Waals surface area contributed by atoms with Crippen LogP contribution < -0.4 is 10.4 Å². The van der Waals surface area contributed by atoms with Crippen molar-refractivity contribution in [2.24, 2.45) is 0 Å². The van der Waals surface area contributed by atoms with E-state index >= 15 is 0 Å². The second kappa shape index (κ2) is 6.19. The van der Waals surface area contributed by atoms with Gasteiger partial charge in [0.2, 0.25) is 0 Å². The first kappa shape index (κ1) is 14.0. The number of benzene rings is 3. The molecule has 3 rings (SSSR count). The van der Waals surface area contributed by atoms with Gasteiger partial charge in [0.25, 0.3) is 0 Å². The maximum Gasteiger partial charge on any atom is 0.122 e. The van der Waals surface area contributed by atoms with Crippen molar-refractivity contribution in [1.82, 2.24) is 0 Å². The molecule has 0 amide bonds. The zero-order chi connectivity index (χ0) is 15.4. The summed E-state index contributed by atoms with van der Waals surface area (Å²) in [5.41, 5.74) is 1.53. The van der Waals surface area contributed by atoms with E-state index < -0.39 is 0 Å². The highest BCUT2D eigenvalue weighted by Gasteiger charge is 1.97. The van der Waals surface area contributed by atoms with Gasteiger partial charge in [0.15, 0.2) is 0 Å². The Balaban J connectivity index is 2.20. The van der Waals surface area contributed by atoms with E-state index in [2.05, 4.69) is 0 Å². The molecule has 0 aliphatic rings. The summed E-state index contributed by atoms with van der Waals surface area (Å²) in [5, 5.41) is 21.8. The van der Waals surface area contributed by atoms with E-state index in [1.807, 2.05) is 60.7 Å². The third-order valence-electron chi connectivity index (χ3n) is 3.49. The van der Waals surface area contributed by atoms with Crippen LogP contribution in [0.25, 0.3) is 12.2 Å². The highest BCUT2D eigenvalue weighted by atomic mass is 16.3. The predicted octanol–water partition coefficient (Wildman–Crippen LogP) is 2.76.